The molecule has 0 saturated carbocycles. The number of hydrogen-bond acceptors (Lipinski definition) is 5. The van der Waals surface area contributed by atoms with Gasteiger partial charge in [0.15, 0.2) is 0 Å². The van der Waals surface area contributed by atoms with Crippen LogP contribution < -0.4 is 21.3 Å². The molecule has 0 fully saturated rings. The minimum Gasteiger partial charge on any atom is -0.365 e. The molecule has 182 valence electrons. The number of fused-ring (bicyclic) bond motifs is 1. The second-order valence-electron chi connectivity index (χ2n) is 8.17. The molecule has 4 N–H and O–H groups in total. The lowest BCUT2D eigenvalue weighted by Crippen LogP contribution is -2.33. The van der Waals surface area contributed by atoms with Gasteiger partial charge in [0, 0.05) is 47.5 Å². The standard InChI is InChI=1S/C25H26ClN5O3S/c26-17-7-9-18(10-8-17)28-25(34)29-24-22(23(27)33)20-11-14-30(15-21(20)35-24)12-4-13-31(16-32)19-5-2-1-3-6-19/h1-3,5-10,16H,4,11-15H2,(H2,27,33)(H2,28,29,34). The molecule has 1 aromatic heterocycles. The van der Waals surface area contributed by atoms with Gasteiger partial charge in [-0.3, -0.25) is 19.8 Å². The van der Waals surface area contributed by atoms with Crippen LogP contribution in [0.1, 0.15) is 27.2 Å². The largest absolute Gasteiger partial charge is 0.365 e. The van der Waals surface area contributed by atoms with E-state index in [9.17, 15) is 14.4 Å². The van der Waals surface area contributed by atoms with Gasteiger partial charge in [0.2, 0.25) is 6.41 Å². The van der Waals surface area contributed by atoms with Crippen LogP contribution in [0.4, 0.5) is 21.2 Å². The number of anilines is 3. The monoisotopic (exact) mass is 511 g/mol. The molecule has 0 spiro atoms. The number of rotatable bonds is 9. The van der Waals surface area contributed by atoms with Crippen LogP contribution in [-0.4, -0.2) is 42.9 Å². The Morgan fingerprint density at radius 2 is 1.86 bits per heavy atom. The fraction of sp³-hybridized carbons (Fsp3) is 0.240. The summed E-state index contributed by atoms with van der Waals surface area (Å²) in [5, 5.41) is 6.54. The van der Waals surface area contributed by atoms with E-state index in [1.165, 1.54) is 11.3 Å². The number of para-hydroxylation sites is 1. The van der Waals surface area contributed by atoms with E-state index >= 15 is 0 Å². The van der Waals surface area contributed by atoms with E-state index in [4.69, 9.17) is 17.3 Å². The van der Waals surface area contributed by atoms with Gasteiger partial charge >= 0.3 is 6.03 Å². The second-order valence-corrected chi connectivity index (χ2v) is 9.71. The quantitative estimate of drug-likeness (QED) is 0.366. The molecule has 2 heterocycles. The summed E-state index contributed by atoms with van der Waals surface area (Å²) in [6.07, 6.45) is 2.33. The molecule has 0 radical (unpaired) electrons. The zero-order valence-corrected chi connectivity index (χ0v) is 20.6. The number of nitrogens with zero attached hydrogens (tertiary/aromatic N) is 2. The van der Waals surface area contributed by atoms with Crippen molar-refractivity contribution in [2.75, 3.05) is 35.2 Å². The van der Waals surface area contributed by atoms with Crippen molar-refractivity contribution in [3.63, 3.8) is 0 Å². The Balaban J connectivity index is 1.38. The molecule has 35 heavy (non-hydrogen) atoms. The third kappa shape index (κ3) is 6.19. The molecule has 0 bridgehead atoms. The van der Waals surface area contributed by atoms with Crippen molar-refractivity contribution >= 4 is 57.7 Å². The number of benzene rings is 2. The molecule has 2 aromatic carbocycles. The van der Waals surface area contributed by atoms with Crippen LogP contribution in [-0.2, 0) is 17.8 Å². The predicted octanol–water partition coefficient (Wildman–Crippen LogP) is 4.56. The Hall–Kier alpha value is -3.40. The van der Waals surface area contributed by atoms with E-state index in [-0.39, 0.29) is 0 Å². The highest BCUT2D eigenvalue weighted by Gasteiger charge is 2.27. The zero-order chi connectivity index (χ0) is 24.8. The van der Waals surface area contributed by atoms with Crippen LogP contribution in [0.5, 0.6) is 0 Å². The van der Waals surface area contributed by atoms with Crippen molar-refractivity contribution in [1.82, 2.24) is 4.90 Å². The van der Waals surface area contributed by atoms with Crippen molar-refractivity contribution < 1.29 is 14.4 Å². The van der Waals surface area contributed by atoms with E-state index in [1.54, 1.807) is 29.2 Å². The summed E-state index contributed by atoms with van der Waals surface area (Å²) >= 11 is 7.26. The van der Waals surface area contributed by atoms with Crippen LogP contribution in [0.15, 0.2) is 54.6 Å². The molecule has 4 rings (SSSR count). The van der Waals surface area contributed by atoms with Gasteiger partial charge in [-0.05, 0) is 54.8 Å². The zero-order valence-electron chi connectivity index (χ0n) is 19.0. The summed E-state index contributed by atoms with van der Waals surface area (Å²) in [5.74, 6) is -0.553. The topological polar surface area (TPSA) is 108 Å². The first-order valence-corrected chi connectivity index (χ1v) is 12.4. The normalized spacial score (nSPS) is 13.1. The molecule has 0 saturated heterocycles. The van der Waals surface area contributed by atoms with E-state index in [2.05, 4.69) is 15.5 Å². The number of urea groups is 1. The first kappa shape index (κ1) is 24.7. The molecule has 0 unspecified atom stereocenters. The summed E-state index contributed by atoms with van der Waals surface area (Å²) in [6, 6.07) is 15.8. The molecule has 3 aromatic rings. The summed E-state index contributed by atoms with van der Waals surface area (Å²) in [6.45, 7) is 2.85. The number of amides is 4. The predicted molar refractivity (Wildman–Crippen MR) is 140 cm³/mol. The van der Waals surface area contributed by atoms with Gasteiger partial charge in [0.1, 0.15) is 5.00 Å². The van der Waals surface area contributed by atoms with Crippen molar-refractivity contribution in [3.8, 4) is 0 Å². The highest BCUT2D eigenvalue weighted by atomic mass is 35.5. The third-order valence-corrected chi connectivity index (χ3v) is 7.18. The van der Waals surface area contributed by atoms with Crippen molar-refractivity contribution in [2.24, 2.45) is 5.73 Å². The molecule has 0 aliphatic carbocycles. The summed E-state index contributed by atoms with van der Waals surface area (Å²) < 4.78 is 0. The Bertz CT molecular complexity index is 1200. The highest BCUT2D eigenvalue weighted by molar-refractivity contribution is 7.17. The number of primary amides is 1. The highest BCUT2D eigenvalue weighted by Crippen LogP contribution is 2.37. The van der Waals surface area contributed by atoms with Crippen LogP contribution in [0, 0.1) is 0 Å². The molecular formula is C25H26ClN5O3S. The van der Waals surface area contributed by atoms with Crippen LogP contribution >= 0.6 is 22.9 Å². The molecule has 10 heteroatoms. The second kappa shape index (κ2) is 11.4. The van der Waals surface area contributed by atoms with Gasteiger partial charge in [-0.15, -0.1) is 11.3 Å². The molecule has 8 nitrogen and oxygen atoms in total. The van der Waals surface area contributed by atoms with E-state index in [1.807, 2.05) is 30.3 Å². The van der Waals surface area contributed by atoms with Gasteiger partial charge < -0.3 is 16.0 Å². The first-order chi connectivity index (χ1) is 16.9. The lowest BCUT2D eigenvalue weighted by molar-refractivity contribution is -0.107. The van der Waals surface area contributed by atoms with Gasteiger partial charge in [-0.2, -0.15) is 0 Å². The number of nitrogens with two attached hydrogens (primary N) is 1. The fourth-order valence-electron chi connectivity index (χ4n) is 4.12. The maximum atomic E-state index is 12.5. The lowest BCUT2D eigenvalue weighted by atomic mass is 10.0. The van der Waals surface area contributed by atoms with Crippen LogP contribution in [0.2, 0.25) is 5.02 Å². The smallest absolute Gasteiger partial charge is 0.324 e. The van der Waals surface area contributed by atoms with Gasteiger partial charge in [0.05, 0.1) is 5.56 Å². The number of hydrogen-bond donors (Lipinski definition) is 3. The first-order valence-electron chi connectivity index (χ1n) is 11.2. The van der Waals surface area contributed by atoms with Crippen molar-refractivity contribution in [2.45, 2.75) is 19.4 Å². The fourth-order valence-corrected chi connectivity index (χ4v) is 5.54. The van der Waals surface area contributed by atoms with Crippen molar-refractivity contribution in [3.05, 3.63) is 75.6 Å². The Morgan fingerprint density at radius 3 is 2.54 bits per heavy atom. The molecule has 4 amide bonds. The van der Waals surface area contributed by atoms with Gasteiger partial charge in [-0.1, -0.05) is 29.8 Å². The maximum absolute atomic E-state index is 12.5. The molecule has 1 aliphatic heterocycles. The minimum atomic E-state index is -0.553. The number of nitrogens with one attached hydrogen (secondary N) is 2. The van der Waals surface area contributed by atoms with Crippen molar-refractivity contribution in [1.29, 1.82) is 0 Å². The Labute approximate surface area is 212 Å². The van der Waals surface area contributed by atoms with Crippen LogP contribution in [0.25, 0.3) is 0 Å². The third-order valence-electron chi connectivity index (χ3n) is 5.80. The number of carbonyl (C=O) groups excluding carboxylic acids is 3. The number of carbonyl (C=O) groups is 3. The van der Waals surface area contributed by atoms with Crippen LogP contribution in [0.3, 0.4) is 0 Å². The number of halogens is 1. The van der Waals surface area contributed by atoms with Gasteiger partial charge in [-0.25, -0.2) is 4.79 Å². The average molecular weight is 512 g/mol. The van der Waals surface area contributed by atoms with E-state index in [0.29, 0.717) is 40.8 Å². The average Bonchev–Trinajstić information content (AvgIpc) is 3.21. The summed E-state index contributed by atoms with van der Waals surface area (Å²) in [4.78, 5) is 41.2. The number of thiophene rings is 1. The lowest BCUT2D eigenvalue weighted by Gasteiger charge is -2.27. The van der Waals surface area contributed by atoms with Gasteiger partial charge in [0.25, 0.3) is 5.91 Å². The van der Waals surface area contributed by atoms with E-state index < -0.39 is 11.9 Å². The Kier molecular flexibility index (Phi) is 8.02. The summed E-state index contributed by atoms with van der Waals surface area (Å²) in [7, 11) is 0. The molecule has 0 atom stereocenters. The summed E-state index contributed by atoms with van der Waals surface area (Å²) in [5.41, 5.74) is 8.42. The molecular weight excluding hydrogens is 486 g/mol. The minimum absolute atomic E-state index is 0.382. The molecule has 1 aliphatic rings. The SMILES string of the molecule is NC(=O)c1c(NC(=O)Nc2ccc(Cl)cc2)sc2c1CCN(CCCN(C=O)c1ccccc1)C2. The Morgan fingerprint density at radius 1 is 1.11 bits per heavy atom. The van der Waals surface area contributed by atoms with E-state index in [0.717, 1.165) is 42.0 Å². The maximum Gasteiger partial charge on any atom is 0.324 e.